The quantitative estimate of drug-likeness (QED) is 0.799. The molecule has 1 aliphatic rings. The first-order valence-corrected chi connectivity index (χ1v) is 6.70. The maximum atomic E-state index is 13.4. The van der Waals surface area contributed by atoms with Crippen LogP contribution in [-0.2, 0) is 4.79 Å². The van der Waals surface area contributed by atoms with Crippen LogP contribution in [0.2, 0.25) is 0 Å². The normalized spacial score (nSPS) is 21.0. The Bertz CT molecular complexity index is 531. The fraction of sp³-hybridized carbons (Fsp3) is 0.429. The van der Waals surface area contributed by atoms with Crippen LogP contribution in [0.4, 0.5) is 19.3 Å². The highest BCUT2D eigenvalue weighted by Gasteiger charge is 2.32. The van der Waals surface area contributed by atoms with Gasteiger partial charge in [-0.3, -0.25) is 4.79 Å². The van der Waals surface area contributed by atoms with Crippen molar-refractivity contribution in [2.45, 2.75) is 19.3 Å². The number of hydrogen-bond acceptors (Lipinski definition) is 2. The molecular weight excluding hydrogens is 282 g/mol. The van der Waals surface area contributed by atoms with Crippen molar-refractivity contribution in [3.05, 3.63) is 29.8 Å². The molecule has 1 fully saturated rings. The van der Waals surface area contributed by atoms with Gasteiger partial charge in [0.2, 0.25) is 0 Å². The molecule has 2 amide bonds. The van der Waals surface area contributed by atoms with Gasteiger partial charge in [-0.15, -0.1) is 0 Å². The maximum absolute atomic E-state index is 13.4. The Balaban J connectivity index is 1.89. The molecule has 7 heteroatoms. The molecule has 1 aromatic carbocycles. The van der Waals surface area contributed by atoms with Gasteiger partial charge in [0.1, 0.15) is 17.3 Å². The molecule has 0 aromatic heterocycles. The Hall–Kier alpha value is -2.18. The summed E-state index contributed by atoms with van der Waals surface area (Å²) < 4.78 is 26.7. The molecule has 1 aliphatic carbocycles. The highest BCUT2D eigenvalue weighted by molar-refractivity contribution is 5.89. The predicted molar refractivity (Wildman–Crippen MR) is 71.8 cm³/mol. The van der Waals surface area contributed by atoms with Crippen molar-refractivity contribution < 1.29 is 23.5 Å². The zero-order valence-electron chi connectivity index (χ0n) is 11.2. The molecule has 1 saturated carbocycles. The number of carboxylic acids is 1. The lowest BCUT2D eigenvalue weighted by molar-refractivity contribution is -0.142. The van der Waals surface area contributed by atoms with E-state index in [1.807, 2.05) is 0 Å². The summed E-state index contributed by atoms with van der Waals surface area (Å²) in [7, 11) is 0. The van der Waals surface area contributed by atoms with Crippen molar-refractivity contribution in [2.75, 3.05) is 11.9 Å². The number of hydrogen-bond donors (Lipinski definition) is 3. The van der Waals surface area contributed by atoms with E-state index in [-0.39, 0.29) is 12.5 Å². The number of anilines is 1. The van der Waals surface area contributed by atoms with Crippen LogP contribution in [-0.4, -0.2) is 23.7 Å². The molecule has 114 valence electrons. The van der Waals surface area contributed by atoms with Gasteiger partial charge in [-0.1, -0.05) is 12.5 Å². The number of carbonyl (C=O) groups excluding carboxylic acids is 1. The molecule has 0 spiro atoms. The smallest absolute Gasteiger partial charge is 0.319 e. The number of urea groups is 1. The van der Waals surface area contributed by atoms with Gasteiger partial charge in [-0.2, -0.15) is 0 Å². The van der Waals surface area contributed by atoms with E-state index in [2.05, 4.69) is 10.6 Å². The number of nitrogens with one attached hydrogen (secondary N) is 2. The van der Waals surface area contributed by atoms with E-state index in [1.165, 1.54) is 6.07 Å². The summed E-state index contributed by atoms with van der Waals surface area (Å²) in [4.78, 5) is 22.7. The monoisotopic (exact) mass is 298 g/mol. The van der Waals surface area contributed by atoms with Gasteiger partial charge in [0.05, 0.1) is 5.92 Å². The maximum Gasteiger partial charge on any atom is 0.319 e. The summed E-state index contributed by atoms with van der Waals surface area (Å²) >= 11 is 0. The third kappa shape index (κ3) is 3.68. The van der Waals surface area contributed by atoms with Gasteiger partial charge < -0.3 is 15.7 Å². The van der Waals surface area contributed by atoms with Gasteiger partial charge >= 0.3 is 12.0 Å². The summed E-state index contributed by atoms with van der Waals surface area (Å²) in [6.07, 6.45) is 2.10. The molecule has 2 unspecified atom stereocenters. The summed E-state index contributed by atoms with van der Waals surface area (Å²) in [5, 5.41) is 13.6. The number of amides is 2. The van der Waals surface area contributed by atoms with Crippen LogP contribution in [0.3, 0.4) is 0 Å². The molecule has 0 heterocycles. The van der Waals surface area contributed by atoms with Crippen molar-refractivity contribution in [3.8, 4) is 0 Å². The molecule has 0 saturated heterocycles. The van der Waals surface area contributed by atoms with E-state index in [0.717, 1.165) is 18.6 Å². The Morgan fingerprint density at radius 3 is 2.52 bits per heavy atom. The van der Waals surface area contributed by atoms with Crippen molar-refractivity contribution >= 4 is 17.7 Å². The van der Waals surface area contributed by atoms with Crippen LogP contribution >= 0.6 is 0 Å². The number of halogens is 2. The van der Waals surface area contributed by atoms with Crippen molar-refractivity contribution in [1.82, 2.24) is 5.32 Å². The van der Waals surface area contributed by atoms with Crippen molar-refractivity contribution in [1.29, 1.82) is 0 Å². The summed E-state index contributed by atoms with van der Waals surface area (Å²) in [5.74, 6) is -3.24. The third-order valence-corrected chi connectivity index (χ3v) is 3.70. The van der Waals surface area contributed by atoms with E-state index in [9.17, 15) is 18.4 Å². The second kappa shape index (κ2) is 6.51. The van der Waals surface area contributed by atoms with Crippen molar-refractivity contribution in [3.63, 3.8) is 0 Å². The largest absolute Gasteiger partial charge is 0.481 e. The van der Waals surface area contributed by atoms with Gasteiger partial charge in [-0.25, -0.2) is 13.6 Å². The number of para-hydroxylation sites is 1. The molecule has 2 atom stereocenters. The highest BCUT2D eigenvalue weighted by Crippen LogP contribution is 2.31. The number of rotatable bonds is 4. The van der Waals surface area contributed by atoms with Gasteiger partial charge in [0, 0.05) is 6.54 Å². The molecule has 0 bridgehead atoms. The number of carboxylic acid groups (broad SMARTS) is 1. The van der Waals surface area contributed by atoms with Gasteiger partial charge in [0.25, 0.3) is 0 Å². The standard InChI is InChI=1S/C14H16F2N2O3/c15-10-5-2-6-11(16)12(10)18-14(21)17-7-8-3-1-4-9(8)13(19)20/h2,5-6,8-9H,1,3-4,7H2,(H,19,20)(H2,17,18,21). The minimum absolute atomic E-state index is 0.154. The lowest BCUT2D eigenvalue weighted by Crippen LogP contribution is -2.36. The zero-order chi connectivity index (χ0) is 15.4. The van der Waals surface area contributed by atoms with Crippen LogP contribution in [0.25, 0.3) is 0 Å². The number of benzene rings is 1. The minimum Gasteiger partial charge on any atom is -0.481 e. The first kappa shape index (κ1) is 15.2. The fourth-order valence-corrected chi connectivity index (χ4v) is 2.61. The molecule has 3 N–H and O–H groups in total. The Morgan fingerprint density at radius 1 is 1.24 bits per heavy atom. The highest BCUT2D eigenvalue weighted by atomic mass is 19.1. The summed E-state index contributed by atoms with van der Waals surface area (Å²) in [6, 6.07) is 2.52. The lowest BCUT2D eigenvalue weighted by Gasteiger charge is -2.16. The average Bonchev–Trinajstić information content (AvgIpc) is 2.89. The van der Waals surface area contributed by atoms with Crippen LogP contribution in [0, 0.1) is 23.5 Å². The number of carbonyl (C=O) groups is 2. The second-order valence-corrected chi connectivity index (χ2v) is 5.07. The Kier molecular flexibility index (Phi) is 4.72. The van der Waals surface area contributed by atoms with E-state index in [1.54, 1.807) is 0 Å². The number of aliphatic carboxylic acids is 1. The van der Waals surface area contributed by atoms with E-state index < -0.39 is 35.2 Å². The van der Waals surface area contributed by atoms with E-state index in [4.69, 9.17) is 5.11 Å². The predicted octanol–water partition coefficient (Wildman–Crippen LogP) is 2.59. The lowest BCUT2D eigenvalue weighted by atomic mass is 9.96. The van der Waals surface area contributed by atoms with Crippen LogP contribution < -0.4 is 10.6 Å². The molecule has 2 rings (SSSR count). The van der Waals surface area contributed by atoms with Crippen LogP contribution in [0.1, 0.15) is 19.3 Å². The van der Waals surface area contributed by atoms with Gasteiger partial charge in [-0.05, 0) is 30.9 Å². The third-order valence-electron chi connectivity index (χ3n) is 3.70. The molecule has 0 aliphatic heterocycles. The first-order valence-electron chi connectivity index (χ1n) is 6.70. The molecule has 21 heavy (non-hydrogen) atoms. The van der Waals surface area contributed by atoms with Gasteiger partial charge in [0.15, 0.2) is 0 Å². The SMILES string of the molecule is O=C(NCC1CCCC1C(=O)O)Nc1c(F)cccc1F. The minimum atomic E-state index is -0.875. The van der Waals surface area contributed by atoms with E-state index in [0.29, 0.717) is 12.8 Å². The molecule has 1 aromatic rings. The summed E-state index contributed by atoms with van der Waals surface area (Å²) in [6.45, 7) is 0.166. The molecule has 5 nitrogen and oxygen atoms in total. The van der Waals surface area contributed by atoms with Crippen LogP contribution in [0.15, 0.2) is 18.2 Å². The Labute approximate surface area is 120 Å². The molecule has 0 radical (unpaired) electrons. The summed E-state index contributed by atoms with van der Waals surface area (Å²) in [5.41, 5.74) is -0.517. The first-order chi connectivity index (χ1) is 9.99. The molecular formula is C14H16F2N2O3. The van der Waals surface area contributed by atoms with Crippen molar-refractivity contribution in [2.24, 2.45) is 11.8 Å². The average molecular weight is 298 g/mol. The van der Waals surface area contributed by atoms with E-state index >= 15 is 0 Å². The zero-order valence-corrected chi connectivity index (χ0v) is 11.2. The van der Waals surface area contributed by atoms with Crippen LogP contribution in [0.5, 0.6) is 0 Å². The Morgan fingerprint density at radius 2 is 1.90 bits per heavy atom. The second-order valence-electron chi connectivity index (χ2n) is 5.07. The fourth-order valence-electron chi connectivity index (χ4n) is 2.61. The topological polar surface area (TPSA) is 78.4 Å².